The highest BCUT2D eigenvalue weighted by molar-refractivity contribution is 5.95. The van der Waals surface area contributed by atoms with Crippen LogP contribution in [0.5, 0.6) is 0 Å². The van der Waals surface area contributed by atoms with E-state index < -0.39 is 0 Å². The van der Waals surface area contributed by atoms with Crippen LogP contribution in [0.1, 0.15) is 25.8 Å². The lowest BCUT2D eigenvalue weighted by molar-refractivity contribution is -0.120. The minimum Gasteiger partial charge on any atom is -0.396 e. The first-order chi connectivity index (χ1) is 9.63. The monoisotopic (exact) mass is 275 g/mol. The van der Waals surface area contributed by atoms with Crippen molar-refractivity contribution in [3.05, 3.63) is 29.8 Å². The average Bonchev–Trinajstić information content (AvgIpc) is 2.48. The van der Waals surface area contributed by atoms with Crippen molar-refractivity contribution in [1.29, 1.82) is 5.26 Å². The minimum absolute atomic E-state index is 0.113. The number of nitrogens with one attached hydrogen (secondary N) is 1. The number of amides is 1. The van der Waals surface area contributed by atoms with E-state index in [-0.39, 0.29) is 18.6 Å². The molecule has 1 aromatic rings. The molecule has 0 aliphatic carbocycles. The molecule has 1 aromatic carbocycles. The van der Waals surface area contributed by atoms with E-state index in [1.165, 1.54) is 0 Å². The van der Waals surface area contributed by atoms with Crippen molar-refractivity contribution in [2.24, 2.45) is 0 Å². The molecule has 0 aliphatic rings. The van der Waals surface area contributed by atoms with E-state index in [2.05, 4.69) is 11.4 Å². The van der Waals surface area contributed by atoms with Gasteiger partial charge in [0, 0.05) is 13.2 Å². The molecule has 108 valence electrons. The van der Waals surface area contributed by atoms with Crippen LogP contribution in [0.25, 0.3) is 0 Å². The molecule has 5 heteroatoms. The summed E-state index contributed by atoms with van der Waals surface area (Å²) >= 11 is 0. The first kappa shape index (κ1) is 16.2. The molecule has 0 saturated carbocycles. The Balaban J connectivity index is 2.72. The molecule has 0 aliphatic heterocycles. The fraction of sp³-hybridized carbons (Fsp3) is 0.467. The zero-order chi connectivity index (χ0) is 15.0. The summed E-state index contributed by atoms with van der Waals surface area (Å²) in [7, 11) is 0. The summed E-state index contributed by atoms with van der Waals surface area (Å²) in [5.74, 6) is -0.146. The highest BCUT2D eigenvalue weighted by Gasteiger charge is 2.20. The number of rotatable bonds is 7. The Hall–Kier alpha value is -1.90. The van der Waals surface area contributed by atoms with E-state index >= 15 is 0 Å². The molecule has 1 amide bonds. The SMILES string of the molecule is CCN(CCCO)C(C)C(=O)Nc1ccccc1C#N. The third-order valence-electron chi connectivity index (χ3n) is 3.24. The number of para-hydroxylation sites is 1. The van der Waals surface area contributed by atoms with E-state index in [0.29, 0.717) is 24.2 Å². The molecular weight excluding hydrogens is 254 g/mol. The maximum Gasteiger partial charge on any atom is 0.241 e. The lowest BCUT2D eigenvalue weighted by Crippen LogP contribution is -2.42. The van der Waals surface area contributed by atoms with Gasteiger partial charge in [0.1, 0.15) is 6.07 Å². The van der Waals surface area contributed by atoms with Gasteiger partial charge in [-0.3, -0.25) is 9.69 Å². The van der Waals surface area contributed by atoms with Gasteiger partial charge >= 0.3 is 0 Å². The Morgan fingerprint density at radius 3 is 2.80 bits per heavy atom. The summed E-state index contributed by atoms with van der Waals surface area (Å²) in [4.78, 5) is 14.2. The third kappa shape index (κ3) is 4.34. The topological polar surface area (TPSA) is 76.4 Å². The van der Waals surface area contributed by atoms with Crippen molar-refractivity contribution in [1.82, 2.24) is 4.90 Å². The molecule has 1 unspecified atom stereocenters. The Morgan fingerprint density at radius 1 is 1.50 bits per heavy atom. The molecule has 0 bridgehead atoms. The molecule has 0 heterocycles. The summed E-state index contributed by atoms with van der Waals surface area (Å²) in [6.07, 6.45) is 0.639. The van der Waals surface area contributed by atoms with Crippen molar-refractivity contribution < 1.29 is 9.90 Å². The van der Waals surface area contributed by atoms with Crippen molar-refractivity contribution in [3.63, 3.8) is 0 Å². The highest BCUT2D eigenvalue weighted by Crippen LogP contribution is 2.14. The van der Waals surface area contributed by atoms with E-state index in [9.17, 15) is 4.79 Å². The van der Waals surface area contributed by atoms with Gasteiger partial charge in [-0.05, 0) is 32.0 Å². The van der Waals surface area contributed by atoms with Crippen LogP contribution < -0.4 is 5.32 Å². The van der Waals surface area contributed by atoms with Crippen LogP contribution >= 0.6 is 0 Å². The Labute approximate surface area is 119 Å². The smallest absolute Gasteiger partial charge is 0.241 e. The standard InChI is InChI=1S/C15H21N3O2/c1-3-18(9-6-10-19)12(2)15(20)17-14-8-5-4-7-13(14)11-16/h4-5,7-8,12,19H,3,6,9-10H2,1-2H3,(H,17,20). The lowest BCUT2D eigenvalue weighted by Gasteiger charge is -2.26. The predicted octanol–water partition coefficient (Wildman–Crippen LogP) is 1.59. The Morgan fingerprint density at radius 2 is 2.20 bits per heavy atom. The van der Waals surface area contributed by atoms with E-state index in [0.717, 1.165) is 6.54 Å². The summed E-state index contributed by atoms with van der Waals surface area (Å²) in [5, 5.41) is 20.7. The molecule has 0 spiro atoms. The zero-order valence-electron chi connectivity index (χ0n) is 12.0. The number of nitriles is 1. The number of anilines is 1. The number of likely N-dealkylation sites (N-methyl/N-ethyl adjacent to an activating group) is 1. The molecule has 5 nitrogen and oxygen atoms in total. The molecule has 2 N–H and O–H groups in total. The van der Waals surface area contributed by atoms with E-state index in [4.69, 9.17) is 10.4 Å². The van der Waals surface area contributed by atoms with Gasteiger partial charge in [0.15, 0.2) is 0 Å². The van der Waals surface area contributed by atoms with Crippen LogP contribution in [0, 0.1) is 11.3 Å². The van der Waals surface area contributed by atoms with Gasteiger partial charge in [0.25, 0.3) is 0 Å². The van der Waals surface area contributed by atoms with Gasteiger partial charge in [-0.15, -0.1) is 0 Å². The Kier molecular flexibility index (Phi) is 6.71. The van der Waals surface area contributed by atoms with Crippen molar-refractivity contribution in [2.45, 2.75) is 26.3 Å². The largest absolute Gasteiger partial charge is 0.396 e. The number of carbonyl (C=O) groups excluding carboxylic acids is 1. The zero-order valence-corrected chi connectivity index (χ0v) is 12.0. The lowest BCUT2D eigenvalue weighted by atomic mass is 10.1. The normalized spacial score (nSPS) is 11.9. The Bertz CT molecular complexity index is 482. The maximum atomic E-state index is 12.2. The third-order valence-corrected chi connectivity index (χ3v) is 3.24. The van der Waals surface area contributed by atoms with Crippen molar-refractivity contribution in [2.75, 3.05) is 25.0 Å². The molecule has 0 saturated heterocycles. The number of carbonyl (C=O) groups is 1. The van der Waals surface area contributed by atoms with Crippen molar-refractivity contribution >= 4 is 11.6 Å². The van der Waals surface area contributed by atoms with E-state index in [1.54, 1.807) is 24.3 Å². The number of nitrogens with zero attached hydrogens (tertiary/aromatic N) is 2. The molecule has 0 radical (unpaired) electrons. The van der Waals surface area contributed by atoms with Crippen LogP contribution in [0.3, 0.4) is 0 Å². The fourth-order valence-corrected chi connectivity index (χ4v) is 1.99. The molecule has 0 aromatic heterocycles. The predicted molar refractivity (Wildman–Crippen MR) is 78.2 cm³/mol. The summed E-state index contributed by atoms with van der Waals surface area (Å²) in [5.41, 5.74) is 0.983. The second kappa shape index (κ2) is 8.31. The summed E-state index contributed by atoms with van der Waals surface area (Å²) < 4.78 is 0. The van der Waals surface area contributed by atoms with Crippen molar-refractivity contribution in [3.8, 4) is 6.07 Å². The summed E-state index contributed by atoms with van der Waals surface area (Å²) in [6.45, 7) is 5.31. The minimum atomic E-state index is -0.307. The summed E-state index contributed by atoms with van der Waals surface area (Å²) in [6, 6.07) is 8.68. The fourth-order valence-electron chi connectivity index (χ4n) is 1.99. The quantitative estimate of drug-likeness (QED) is 0.792. The second-order valence-electron chi connectivity index (χ2n) is 4.53. The van der Waals surface area contributed by atoms with Crippen LogP contribution in [0.15, 0.2) is 24.3 Å². The van der Waals surface area contributed by atoms with Gasteiger partial charge in [-0.2, -0.15) is 5.26 Å². The van der Waals surface area contributed by atoms with Crippen LogP contribution in [-0.2, 0) is 4.79 Å². The van der Waals surface area contributed by atoms with Crippen LogP contribution in [0.4, 0.5) is 5.69 Å². The van der Waals surface area contributed by atoms with Gasteiger partial charge in [-0.1, -0.05) is 19.1 Å². The first-order valence-electron chi connectivity index (χ1n) is 6.79. The molecule has 1 atom stereocenters. The number of hydrogen-bond donors (Lipinski definition) is 2. The number of hydrogen-bond acceptors (Lipinski definition) is 4. The molecule has 1 rings (SSSR count). The number of aliphatic hydroxyl groups excluding tert-OH is 1. The molecular formula is C15H21N3O2. The number of benzene rings is 1. The second-order valence-corrected chi connectivity index (χ2v) is 4.53. The van der Waals surface area contributed by atoms with E-state index in [1.807, 2.05) is 18.7 Å². The molecule has 0 fully saturated rings. The number of aliphatic hydroxyl groups is 1. The first-order valence-corrected chi connectivity index (χ1v) is 6.79. The average molecular weight is 275 g/mol. The van der Waals surface area contributed by atoms with Crippen LogP contribution in [-0.4, -0.2) is 41.7 Å². The van der Waals surface area contributed by atoms with Gasteiger partial charge in [0.2, 0.25) is 5.91 Å². The van der Waals surface area contributed by atoms with Gasteiger partial charge < -0.3 is 10.4 Å². The van der Waals surface area contributed by atoms with Gasteiger partial charge in [-0.25, -0.2) is 0 Å². The highest BCUT2D eigenvalue weighted by atomic mass is 16.3. The van der Waals surface area contributed by atoms with Gasteiger partial charge in [0.05, 0.1) is 17.3 Å². The molecule has 20 heavy (non-hydrogen) atoms. The maximum absolute atomic E-state index is 12.2. The van der Waals surface area contributed by atoms with Crippen LogP contribution in [0.2, 0.25) is 0 Å².